The first-order chi connectivity index (χ1) is 13.4. The summed E-state index contributed by atoms with van der Waals surface area (Å²) in [6.07, 6.45) is -0.653. The van der Waals surface area contributed by atoms with E-state index in [9.17, 15) is 9.59 Å². The van der Waals surface area contributed by atoms with Gasteiger partial charge in [-0.15, -0.1) is 22.7 Å². The molecule has 0 fully saturated rings. The molecule has 2 aromatic heterocycles. The number of benzene rings is 1. The van der Waals surface area contributed by atoms with Gasteiger partial charge in [-0.05, 0) is 25.1 Å². The Bertz CT molecular complexity index is 1070. The van der Waals surface area contributed by atoms with E-state index < -0.39 is 6.10 Å². The molecular formula is C18H13Cl2N3O3S2. The minimum absolute atomic E-state index is 0.135. The lowest BCUT2D eigenvalue weighted by molar-refractivity contribution is -0.127. The van der Waals surface area contributed by atoms with Crippen LogP contribution in [0.5, 0.6) is 5.75 Å². The highest BCUT2D eigenvalue weighted by molar-refractivity contribution is 7.20. The number of thiazole rings is 1. The number of anilines is 2. The van der Waals surface area contributed by atoms with E-state index in [0.717, 1.165) is 5.56 Å². The number of nitrogens with zero attached hydrogens (tertiary/aromatic N) is 2. The fraction of sp³-hybridized carbons (Fsp3) is 0.167. The molecule has 0 saturated heterocycles. The van der Waals surface area contributed by atoms with Crippen LogP contribution in [0.4, 0.5) is 10.8 Å². The molecule has 1 N–H and O–H groups in total. The predicted molar refractivity (Wildman–Crippen MR) is 113 cm³/mol. The summed E-state index contributed by atoms with van der Waals surface area (Å²) in [6, 6.07) is 8.86. The van der Waals surface area contributed by atoms with Crippen LogP contribution in [0.15, 0.2) is 35.7 Å². The number of fused-ring (bicyclic) bond motifs is 1. The molecular weight excluding hydrogens is 441 g/mol. The van der Waals surface area contributed by atoms with E-state index in [1.165, 1.54) is 27.6 Å². The second-order valence-electron chi connectivity index (χ2n) is 5.98. The van der Waals surface area contributed by atoms with Gasteiger partial charge in [0.15, 0.2) is 11.2 Å². The van der Waals surface area contributed by atoms with Crippen molar-refractivity contribution in [1.82, 2.24) is 4.98 Å². The van der Waals surface area contributed by atoms with Crippen LogP contribution in [-0.2, 0) is 9.59 Å². The summed E-state index contributed by atoms with van der Waals surface area (Å²) in [5.41, 5.74) is 1.93. The van der Waals surface area contributed by atoms with Gasteiger partial charge in [-0.25, -0.2) is 4.98 Å². The van der Waals surface area contributed by atoms with Gasteiger partial charge in [-0.1, -0.05) is 35.3 Å². The van der Waals surface area contributed by atoms with Gasteiger partial charge >= 0.3 is 0 Å². The van der Waals surface area contributed by atoms with Crippen LogP contribution < -0.4 is 15.0 Å². The van der Waals surface area contributed by atoms with Crippen LogP contribution in [0.1, 0.15) is 6.92 Å². The molecule has 1 aliphatic rings. The summed E-state index contributed by atoms with van der Waals surface area (Å²) in [7, 11) is 0. The number of carbonyl (C=O) groups excluding carboxylic acids is 2. The predicted octanol–water partition coefficient (Wildman–Crippen LogP) is 4.93. The Morgan fingerprint density at radius 3 is 2.89 bits per heavy atom. The minimum atomic E-state index is -0.653. The average Bonchev–Trinajstić information content (AvgIpc) is 3.24. The van der Waals surface area contributed by atoms with E-state index in [4.69, 9.17) is 27.9 Å². The number of para-hydroxylation sites is 2. The topological polar surface area (TPSA) is 71.5 Å². The molecule has 1 aliphatic heterocycles. The largest absolute Gasteiger partial charge is 0.479 e. The fourth-order valence-corrected chi connectivity index (χ4v) is 5.00. The van der Waals surface area contributed by atoms with Gasteiger partial charge in [0.2, 0.25) is 5.91 Å². The van der Waals surface area contributed by atoms with Crippen molar-refractivity contribution in [3.05, 3.63) is 44.4 Å². The van der Waals surface area contributed by atoms with Crippen molar-refractivity contribution in [3.8, 4) is 17.0 Å². The average molecular weight is 454 g/mol. The number of rotatable bonds is 4. The van der Waals surface area contributed by atoms with Crippen LogP contribution in [0, 0.1) is 0 Å². The first-order valence-corrected chi connectivity index (χ1v) is 10.6. The molecule has 3 aromatic rings. The number of amides is 2. The van der Waals surface area contributed by atoms with E-state index >= 15 is 0 Å². The molecule has 144 valence electrons. The van der Waals surface area contributed by atoms with E-state index in [0.29, 0.717) is 30.9 Å². The zero-order valence-corrected chi connectivity index (χ0v) is 17.6. The highest BCUT2D eigenvalue weighted by Crippen LogP contribution is 2.39. The number of aromatic nitrogens is 1. The molecule has 0 radical (unpaired) electrons. The first kappa shape index (κ1) is 19.2. The second kappa shape index (κ2) is 7.71. The molecule has 0 spiro atoms. The SMILES string of the molecule is CC1Oc2ccccc2N(CC(=O)Nc2nc(-c3cc(Cl)sc3Cl)cs2)C1=O. The molecule has 1 unspecified atom stereocenters. The van der Waals surface area contributed by atoms with Crippen LogP contribution in [0.3, 0.4) is 0 Å². The summed E-state index contributed by atoms with van der Waals surface area (Å²) in [4.78, 5) is 30.8. The Kier molecular flexibility index (Phi) is 5.29. The molecule has 0 bridgehead atoms. The van der Waals surface area contributed by atoms with E-state index in [1.807, 2.05) is 6.07 Å². The van der Waals surface area contributed by atoms with Crippen molar-refractivity contribution in [2.75, 3.05) is 16.8 Å². The molecule has 0 aliphatic carbocycles. The lowest BCUT2D eigenvalue weighted by Gasteiger charge is -2.32. The first-order valence-electron chi connectivity index (χ1n) is 8.20. The highest BCUT2D eigenvalue weighted by atomic mass is 35.5. The number of hydrogen-bond donors (Lipinski definition) is 1. The van der Waals surface area contributed by atoms with Gasteiger partial charge in [0.05, 0.1) is 15.7 Å². The number of carbonyl (C=O) groups is 2. The molecule has 3 heterocycles. The monoisotopic (exact) mass is 453 g/mol. The summed E-state index contributed by atoms with van der Waals surface area (Å²) in [6.45, 7) is 1.52. The van der Waals surface area contributed by atoms with Crippen molar-refractivity contribution < 1.29 is 14.3 Å². The van der Waals surface area contributed by atoms with Crippen molar-refractivity contribution >= 4 is 68.5 Å². The minimum Gasteiger partial charge on any atom is -0.479 e. The van der Waals surface area contributed by atoms with Gasteiger partial charge in [0.25, 0.3) is 5.91 Å². The molecule has 1 aromatic carbocycles. The second-order valence-corrected chi connectivity index (χ2v) is 9.12. The number of halogens is 2. The van der Waals surface area contributed by atoms with Crippen LogP contribution in [0.25, 0.3) is 11.3 Å². The summed E-state index contributed by atoms with van der Waals surface area (Å²) >= 11 is 14.7. The Hall–Kier alpha value is -2.13. The van der Waals surface area contributed by atoms with Crippen molar-refractivity contribution in [2.24, 2.45) is 0 Å². The Morgan fingerprint density at radius 2 is 2.14 bits per heavy atom. The Balaban J connectivity index is 1.49. The molecule has 6 nitrogen and oxygen atoms in total. The zero-order valence-electron chi connectivity index (χ0n) is 14.4. The molecule has 2 amide bonds. The van der Waals surface area contributed by atoms with Crippen LogP contribution >= 0.6 is 45.9 Å². The molecule has 1 atom stereocenters. The lowest BCUT2D eigenvalue weighted by Crippen LogP contribution is -2.47. The molecule has 10 heteroatoms. The third-order valence-corrected chi connectivity index (χ3v) is 6.30. The van der Waals surface area contributed by atoms with Crippen molar-refractivity contribution in [3.63, 3.8) is 0 Å². The number of nitrogens with one attached hydrogen (secondary N) is 1. The van der Waals surface area contributed by atoms with Crippen molar-refractivity contribution in [1.29, 1.82) is 0 Å². The third kappa shape index (κ3) is 3.73. The van der Waals surface area contributed by atoms with Crippen molar-refractivity contribution in [2.45, 2.75) is 13.0 Å². The van der Waals surface area contributed by atoms with E-state index in [-0.39, 0.29) is 18.4 Å². The third-order valence-electron chi connectivity index (χ3n) is 4.06. The standard InChI is InChI=1S/C18H13Cl2N3O3S2/c1-9-17(25)23(12-4-2-3-5-13(12)26-9)7-15(24)22-18-21-11(8-27-18)10-6-14(19)28-16(10)20/h2-6,8-9H,7H2,1H3,(H,21,22,24). The number of thiophene rings is 1. The van der Waals surface area contributed by atoms with Gasteiger partial charge in [-0.3, -0.25) is 14.5 Å². The maximum atomic E-state index is 12.5. The Labute approximate surface area is 178 Å². The maximum Gasteiger partial charge on any atom is 0.268 e. The number of ether oxygens (including phenoxy) is 1. The Morgan fingerprint density at radius 1 is 1.36 bits per heavy atom. The molecule has 0 saturated carbocycles. The van der Waals surface area contributed by atoms with Crippen LogP contribution in [-0.4, -0.2) is 29.4 Å². The molecule has 4 rings (SSSR count). The van der Waals surface area contributed by atoms with E-state index in [1.54, 1.807) is 36.6 Å². The summed E-state index contributed by atoms with van der Waals surface area (Å²) in [5, 5.41) is 4.94. The fourth-order valence-electron chi connectivity index (χ4n) is 2.79. The van der Waals surface area contributed by atoms with Gasteiger partial charge < -0.3 is 10.1 Å². The molecule has 28 heavy (non-hydrogen) atoms. The van der Waals surface area contributed by atoms with E-state index in [2.05, 4.69) is 10.3 Å². The smallest absolute Gasteiger partial charge is 0.268 e. The summed E-state index contributed by atoms with van der Waals surface area (Å²) < 4.78 is 6.69. The van der Waals surface area contributed by atoms with Gasteiger partial charge in [0.1, 0.15) is 16.6 Å². The van der Waals surface area contributed by atoms with Gasteiger partial charge in [0, 0.05) is 10.9 Å². The normalized spacial score (nSPS) is 15.9. The van der Waals surface area contributed by atoms with Crippen LogP contribution in [0.2, 0.25) is 8.67 Å². The summed E-state index contributed by atoms with van der Waals surface area (Å²) in [5.74, 6) is -0.0520. The zero-order chi connectivity index (χ0) is 19.8. The lowest BCUT2D eigenvalue weighted by atomic mass is 10.2. The van der Waals surface area contributed by atoms with Gasteiger partial charge in [-0.2, -0.15) is 0 Å². The number of hydrogen-bond acceptors (Lipinski definition) is 6. The highest BCUT2D eigenvalue weighted by Gasteiger charge is 2.32. The quantitative estimate of drug-likeness (QED) is 0.607. The maximum absolute atomic E-state index is 12.5.